The Hall–Kier alpha value is -3.28. The van der Waals surface area contributed by atoms with Gasteiger partial charge in [0, 0.05) is 11.9 Å². The van der Waals surface area contributed by atoms with Crippen LogP contribution in [0.2, 0.25) is 0 Å². The number of nitrogens with zero attached hydrogens (tertiary/aromatic N) is 2. The average Bonchev–Trinajstić information content (AvgIpc) is 3.24. The Morgan fingerprint density at radius 2 is 1.75 bits per heavy atom. The summed E-state index contributed by atoms with van der Waals surface area (Å²) < 4.78 is 9.08. The molecule has 2 aromatic carbocycles. The van der Waals surface area contributed by atoms with E-state index in [1.54, 1.807) is 4.57 Å². The molecule has 0 saturated carbocycles. The highest BCUT2D eigenvalue weighted by Gasteiger charge is 2.18. The van der Waals surface area contributed by atoms with Crippen molar-refractivity contribution in [1.82, 2.24) is 14.5 Å². The third-order valence-electron chi connectivity index (χ3n) is 4.92. The number of rotatable bonds is 6. The fraction of sp³-hybridized carbons (Fsp3) is 0.273. The minimum atomic E-state index is -0.292. The van der Waals surface area contributed by atoms with Crippen molar-refractivity contribution < 1.29 is 9.21 Å². The first-order chi connectivity index (χ1) is 13.6. The van der Waals surface area contributed by atoms with Gasteiger partial charge in [-0.2, -0.15) is 0 Å². The number of furan rings is 1. The number of amides is 1. The highest BCUT2D eigenvalue weighted by Crippen LogP contribution is 2.23. The maximum Gasteiger partial charge on any atom is 0.329 e. The zero-order chi connectivity index (χ0) is 19.7. The Morgan fingerprint density at radius 1 is 1.07 bits per heavy atom. The molecular formula is C22H23N3O3. The number of para-hydroxylation sites is 3. The van der Waals surface area contributed by atoms with Gasteiger partial charge in [-0.3, -0.25) is 13.9 Å². The van der Waals surface area contributed by atoms with Crippen molar-refractivity contribution in [2.45, 2.75) is 39.4 Å². The minimum Gasteiger partial charge on any atom is -0.459 e. The number of carbonyl (C=O) groups excluding carboxylic acids is 1. The van der Waals surface area contributed by atoms with E-state index in [0.717, 1.165) is 28.4 Å². The molecule has 4 rings (SSSR count). The van der Waals surface area contributed by atoms with Crippen LogP contribution in [-0.2, 0) is 17.9 Å². The highest BCUT2D eigenvalue weighted by molar-refractivity contribution is 5.81. The largest absolute Gasteiger partial charge is 0.459 e. The molecule has 1 N–H and O–H groups in total. The van der Waals surface area contributed by atoms with Crippen LogP contribution in [0.25, 0.3) is 22.0 Å². The molecule has 0 spiro atoms. The highest BCUT2D eigenvalue weighted by atomic mass is 16.3. The van der Waals surface area contributed by atoms with Crippen LogP contribution in [0.1, 0.15) is 32.1 Å². The molecule has 2 heterocycles. The van der Waals surface area contributed by atoms with E-state index in [1.807, 2.05) is 68.4 Å². The number of hydrogen-bond acceptors (Lipinski definition) is 3. The van der Waals surface area contributed by atoms with Crippen LogP contribution in [0.4, 0.5) is 0 Å². The normalized spacial score (nSPS) is 12.5. The molecule has 1 amide bonds. The molecule has 144 valence electrons. The molecule has 28 heavy (non-hydrogen) atoms. The summed E-state index contributed by atoms with van der Waals surface area (Å²) >= 11 is 0. The van der Waals surface area contributed by atoms with E-state index in [9.17, 15) is 9.59 Å². The number of aryl methyl sites for hydroxylation is 1. The lowest BCUT2D eigenvalue weighted by atomic mass is 10.2. The van der Waals surface area contributed by atoms with Gasteiger partial charge in [-0.25, -0.2) is 4.79 Å². The van der Waals surface area contributed by atoms with Gasteiger partial charge in [-0.1, -0.05) is 37.3 Å². The van der Waals surface area contributed by atoms with E-state index in [-0.39, 0.29) is 24.2 Å². The first-order valence-corrected chi connectivity index (χ1v) is 9.54. The molecule has 0 saturated heterocycles. The van der Waals surface area contributed by atoms with Gasteiger partial charge < -0.3 is 9.73 Å². The van der Waals surface area contributed by atoms with Crippen molar-refractivity contribution >= 4 is 27.9 Å². The van der Waals surface area contributed by atoms with E-state index in [0.29, 0.717) is 12.3 Å². The van der Waals surface area contributed by atoms with Crippen molar-refractivity contribution in [3.05, 3.63) is 70.8 Å². The predicted molar refractivity (Wildman–Crippen MR) is 109 cm³/mol. The van der Waals surface area contributed by atoms with Gasteiger partial charge in [-0.15, -0.1) is 0 Å². The molecule has 0 aliphatic carbocycles. The van der Waals surface area contributed by atoms with Crippen LogP contribution in [0.15, 0.2) is 63.8 Å². The van der Waals surface area contributed by atoms with Crippen molar-refractivity contribution in [2.24, 2.45) is 0 Å². The standard InChI is InChI=1S/C22H23N3O3/c1-3-12-24-17-9-5-6-10-18(17)25(22(24)27)14-21(26)23-15(2)20-13-16-8-4-7-11-19(16)28-20/h4-11,13,15H,3,12,14H2,1-2H3,(H,23,26)/t15-/m1/s1. The Labute approximate surface area is 162 Å². The molecule has 0 fully saturated rings. The van der Waals surface area contributed by atoms with Crippen LogP contribution in [0, 0.1) is 0 Å². The Balaban J connectivity index is 1.57. The molecule has 1 atom stereocenters. The Bertz CT molecular complexity index is 1170. The second kappa shape index (κ2) is 7.38. The van der Waals surface area contributed by atoms with Gasteiger partial charge in [0.25, 0.3) is 0 Å². The van der Waals surface area contributed by atoms with Crippen LogP contribution < -0.4 is 11.0 Å². The number of benzene rings is 2. The van der Waals surface area contributed by atoms with Gasteiger partial charge in [-0.05, 0) is 37.6 Å². The van der Waals surface area contributed by atoms with Crippen LogP contribution in [-0.4, -0.2) is 15.0 Å². The van der Waals surface area contributed by atoms with Gasteiger partial charge >= 0.3 is 5.69 Å². The predicted octanol–water partition coefficient (Wildman–Crippen LogP) is 3.84. The van der Waals surface area contributed by atoms with Crippen LogP contribution in [0.3, 0.4) is 0 Å². The van der Waals surface area contributed by atoms with E-state index < -0.39 is 0 Å². The van der Waals surface area contributed by atoms with E-state index >= 15 is 0 Å². The molecule has 6 nitrogen and oxygen atoms in total. The number of fused-ring (bicyclic) bond motifs is 2. The maximum absolute atomic E-state index is 12.8. The molecule has 0 bridgehead atoms. The van der Waals surface area contributed by atoms with Gasteiger partial charge in [0.2, 0.25) is 5.91 Å². The van der Waals surface area contributed by atoms with Crippen molar-refractivity contribution in [2.75, 3.05) is 0 Å². The minimum absolute atomic E-state index is 0.0272. The summed E-state index contributed by atoms with van der Waals surface area (Å²) in [6, 6.07) is 16.9. The molecular weight excluding hydrogens is 354 g/mol. The van der Waals surface area contributed by atoms with Gasteiger partial charge in [0.15, 0.2) is 0 Å². The van der Waals surface area contributed by atoms with Crippen LogP contribution >= 0.6 is 0 Å². The SMILES string of the molecule is CCCn1c(=O)n(CC(=O)N[C@H](C)c2cc3ccccc3o2)c2ccccc21. The molecule has 4 aromatic rings. The second-order valence-electron chi connectivity index (χ2n) is 6.98. The molecule has 0 unspecified atom stereocenters. The maximum atomic E-state index is 12.8. The molecule has 0 aliphatic rings. The average molecular weight is 377 g/mol. The summed E-state index contributed by atoms with van der Waals surface area (Å²) in [4.78, 5) is 25.5. The number of carbonyl (C=O) groups is 1. The second-order valence-corrected chi connectivity index (χ2v) is 6.98. The third-order valence-corrected chi connectivity index (χ3v) is 4.92. The fourth-order valence-corrected chi connectivity index (χ4v) is 3.58. The first kappa shape index (κ1) is 18.1. The number of hydrogen-bond donors (Lipinski definition) is 1. The fourth-order valence-electron chi connectivity index (χ4n) is 3.58. The lowest BCUT2D eigenvalue weighted by Crippen LogP contribution is -2.34. The van der Waals surface area contributed by atoms with E-state index in [2.05, 4.69) is 5.32 Å². The van der Waals surface area contributed by atoms with Crippen molar-refractivity contribution in [3.8, 4) is 0 Å². The summed E-state index contributed by atoms with van der Waals surface area (Å²) in [5.41, 5.74) is 2.26. The lowest BCUT2D eigenvalue weighted by molar-refractivity contribution is -0.122. The zero-order valence-corrected chi connectivity index (χ0v) is 16.0. The topological polar surface area (TPSA) is 69.2 Å². The van der Waals surface area contributed by atoms with Gasteiger partial charge in [0.1, 0.15) is 17.9 Å². The quantitative estimate of drug-likeness (QED) is 0.555. The third kappa shape index (κ3) is 3.22. The number of imidazole rings is 1. The molecule has 0 radical (unpaired) electrons. The zero-order valence-electron chi connectivity index (χ0n) is 16.0. The number of nitrogens with one attached hydrogen (secondary N) is 1. The summed E-state index contributed by atoms with van der Waals surface area (Å²) in [5.74, 6) is 0.463. The first-order valence-electron chi connectivity index (χ1n) is 9.54. The summed E-state index contributed by atoms with van der Waals surface area (Å²) in [6.45, 7) is 4.50. The monoisotopic (exact) mass is 377 g/mol. The number of aromatic nitrogens is 2. The lowest BCUT2D eigenvalue weighted by Gasteiger charge is -2.11. The molecule has 2 aromatic heterocycles. The van der Waals surface area contributed by atoms with E-state index in [4.69, 9.17) is 4.42 Å². The smallest absolute Gasteiger partial charge is 0.329 e. The van der Waals surface area contributed by atoms with Crippen molar-refractivity contribution in [1.29, 1.82) is 0 Å². The van der Waals surface area contributed by atoms with Gasteiger partial charge in [0.05, 0.1) is 17.1 Å². The summed E-state index contributed by atoms with van der Waals surface area (Å²) in [6.07, 6.45) is 0.850. The van der Waals surface area contributed by atoms with Crippen LogP contribution in [0.5, 0.6) is 0 Å². The Morgan fingerprint density at radius 3 is 2.46 bits per heavy atom. The Kier molecular flexibility index (Phi) is 4.77. The molecule has 0 aliphatic heterocycles. The summed E-state index contributed by atoms with van der Waals surface area (Å²) in [7, 11) is 0. The summed E-state index contributed by atoms with van der Waals surface area (Å²) in [5, 5.41) is 3.93. The van der Waals surface area contributed by atoms with Crippen molar-refractivity contribution in [3.63, 3.8) is 0 Å². The molecule has 6 heteroatoms. The van der Waals surface area contributed by atoms with E-state index in [1.165, 1.54) is 4.57 Å².